The van der Waals surface area contributed by atoms with E-state index in [-0.39, 0.29) is 5.91 Å². The smallest absolute Gasteiger partial charge is 0.224 e. The van der Waals surface area contributed by atoms with Crippen LogP contribution in [-0.2, 0) is 19.0 Å². The Hall–Kier alpha value is -0.690. The molecular formula is C21H40N2O4. The van der Waals surface area contributed by atoms with E-state index in [9.17, 15) is 4.79 Å². The van der Waals surface area contributed by atoms with E-state index in [1.165, 1.54) is 26.1 Å². The van der Waals surface area contributed by atoms with Gasteiger partial charge in [-0.15, -0.1) is 0 Å². The maximum Gasteiger partial charge on any atom is 0.224 e. The van der Waals surface area contributed by atoms with Gasteiger partial charge in [0.25, 0.3) is 0 Å². The molecule has 0 radical (unpaired) electrons. The molecule has 2 saturated heterocycles. The summed E-state index contributed by atoms with van der Waals surface area (Å²) in [6, 6.07) is 0. The summed E-state index contributed by atoms with van der Waals surface area (Å²) < 4.78 is 17.2. The molecule has 158 valence electrons. The van der Waals surface area contributed by atoms with Crippen LogP contribution >= 0.6 is 0 Å². The van der Waals surface area contributed by atoms with Crippen molar-refractivity contribution in [1.82, 2.24) is 9.80 Å². The number of amides is 1. The molecule has 0 aromatic heterocycles. The van der Waals surface area contributed by atoms with Crippen LogP contribution in [0.3, 0.4) is 0 Å². The fourth-order valence-corrected chi connectivity index (χ4v) is 3.88. The SMILES string of the molecule is CCCOCCOCCC(=O)N1CCC(OC2CCN(CCC)CC2)CC1. The zero-order valence-corrected chi connectivity index (χ0v) is 17.5. The predicted octanol–water partition coefficient (Wildman–Crippen LogP) is 2.70. The molecule has 2 fully saturated rings. The van der Waals surface area contributed by atoms with Crippen LogP contribution in [0.25, 0.3) is 0 Å². The molecule has 0 N–H and O–H groups in total. The van der Waals surface area contributed by atoms with Crippen molar-refractivity contribution >= 4 is 5.91 Å². The number of rotatable bonds is 12. The topological polar surface area (TPSA) is 51.2 Å². The Morgan fingerprint density at radius 3 is 2.00 bits per heavy atom. The number of carbonyl (C=O) groups is 1. The molecule has 0 aromatic rings. The third-order valence-corrected chi connectivity index (χ3v) is 5.43. The van der Waals surface area contributed by atoms with E-state index in [0.717, 1.165) is 51.8 Å². The summed E-state index contributed by atoms with van der Waals surface area (Å²) in [5, 5.41) is 0. The maximum absolute atomic E-state index is 12.3. The highest BCUT2D eigenvalue weighted by Gasteiger charge is 2.27. The van der Waals surface area contributed by atoms with Crippen LogP contribution in [-0.4, -0.2) is 87.1 Å². The minimum atomic E-state index is 0.204. The van der Waals surface area contributed by atoms with Gasteiger partial charge in [0, 0.05) is 32.8 Å². The molecule has 6 heteroatoms. The lowest BCUT2D eigenvalue weighted by molar-refractivity contribution is -0.136. The number of hydrogen-bond donors (Lipinski definition) is 0. The van der Waals surface area contributed by atoms with E-state index in [0.29, 0.717) is 38.4 Å². The van der Waals surface area contributed by atoms with Crippen molar-refractivity contribution in [3.63, 3.8) is 0 Å². The second-order valence-corrected chi connectivity index (χ2v) is 7.73. The molecule has 1 amide bonds. The molecule has 0 atom stereocenters. The van der Waals surface area contributed by atoms with Crippen molar-refractivity contribution in [2.24, 2.45) is 0 Å². The standard InChI is InChI=1S/C21H40N2O4/c1-3-10-22-11-5-19(6-12-22)27-20-7-13-23(14-8-20)21(24)9-16-26-18-17-25-15-4-2/h19-20H,3-18H2,1-2H3. The summed E-state index contributed by atoms with van der Waals surface area (Å²) in [7, 11) is 0. The first-order valence-corrected chi connectivity index (χ1v) is 11.0. The fraction of sp³-hybridized carbons (Fsp3) is 0.952. The van der Waals surface area contributed by atoms with Gasteiger partial charge in [0.2, 0.25) is 5.91 Å². The summed E-state index contributed by atoms with van der Waals surface area (Å²) >= 11 is 0. The van der Waals surface area contributed by atoms with E-state index in [1.807, 2.05) is 4.90 Å². The minimum Gasteiger partial charge on any atom is -0.379 e. The highest BCUT2D eigenvalue weighted by atomic mass is 16.5. The van der Waals surface area contributed by atoms with Crippen LogP contribution in [0.1, 0.15) is 58.8 Å². The molecule has 0 aromatic carbocycles. The highest BCUT2D eigenvalue weighted by molar-refractivity contribution is 5.76. The summed E-state index contributed by atoms with van der Waals surface area (Å²) in [6.45, 7) is 12.0. The van der Waals surface area contributed by atoms with Crippen molar-refractivity contribution in [1.29, 1.82) is 0 Å². The van der Waals surface area contributed by atoms with Gasteiger partial charge in [0.15, 0.2) is 0 Å². The second-order valence-electron chi connectivity index (χ2n) is 7.73. The Bertz CT molecular complexity index is 392. The molecule has 0 aliphatic carbocycles. The lowest BCUT2D eigenvalue weighted by Crippen LogP contribution is -2.44. The van der Waals surface area contributed by atoms with Crippen LogP contribution in [0.2, 0.25) is 0 Å². The molecule has 27 heavy (non-hydrogen) atoms. The molecule has 2 aliphatic rings. The van der Waals surface area contributed by atoms with Crippen molar-refractivity contribution in [2.45, 2.75) is 71.0 Å². The monoisotopic (exact) mass is 384 g/mol. The van der Waals surface area contributed by atoms with Gasteiger partial charge in [-0.05, 0) is 45.1 Å². The largest absolute Gasteiger partial charge is 0.379 e. The molecule has 2 rings (SSSR count). The molecule has 2 heterocycles. The van der Waals surface area contributed by atoms with Crippen molar-refractivity contribution < 1.29 is 19.0 Å². The van der Waals surface area contributed by atoms with Crippen molar-refractivity contribution in [3.05, 3.63) is 0 Å². The summed E-state index contributed by atoms with van der Waals surface area (Å²) in [6.07, 6.45) is 7.69. The fourth-order valence-electron chi connectivity index (χ4n) is 3.88. The highest BCUT2D eigenvalue weighted by Crippen LogP contribution is 2.21. The molecule has 2 aliphatic heterocycles. The van der Waals surface area contributed by atoms with Crippen LogP contribution < -0.4 is 0 Å². The number of hydrogen-bond acceptors (Lipinski definition) is 5. The zero-order valence-electron chi connectivity index (χ0n) is 17.5. The van der Waals surface area contributed by atoms with Gasteiger partial charge in [0.05, 0.1) is 38.4 Å². The molecule has 6 nitrogen and oxygen atoms in total. The summed E-state index contributed by atoms with van der Waals surface area (Å²) in [5.74, 6) is 0.204. The van der Waals surface area contributed by atoms with Gasteiger partial charge in [-0.3, -0.25) is 4.79 Å². The number of ether oxygens (including phenoxy) is 3. The average Bonchev–Trinajstić information content (AvgIpc) is 2.69. The van der Waals surface area contributed by atoms with Gasteiger partial charge >= 0.3 is 0 Å². The minimum absolute atomic E-state index is 0.204. The van der Waals surface area contributed by atoms with E-state index in [4.69, 9.17) is 14.2 Å². The first-order valence-electron chi connectivity index (χ1n) is 11.0. The number of likely N-dealkylation sites (tertiary alicyclic amines) is 2. The quantitative estimate of drug-likeness (QED) is 0.484. The summed E-state index contributed by atoms with van der Waals surface area (Å²) in [5.41, 5.74) is 0. The van der Waals surface area contributed by atoms with E-state index < -0.39 is 0 Å². The van der Waals surface area contributed by atoms with Gasteiger partial charge in [-0.25, -0.2) is 0 Å². The lowest BCUT2D eigenvalue weighted by Gasteiger charge is -2.37. The average molecular weight is 385 g/mol. The Balaban J connectivity index is 1.51. The summed E-state index contributed by atoms with van der Waals surface area (Å²) in [4.78, 5) is 16.8. The molecule has 0 bridgehead atoms. The van der Waals surface area contributed by atoms with Crippen LogP contribution in [0.15, 0.2) is 0 Å². The molecule has 0 unspecified atom stereocenters. The zero-order chi connectivity index (χ0) is 19.3. The predicted molar refractivity (Wildman–Crippen MR) is 107 cm³/mol. The Labute approximate surface area is 165 Å². The molecule has 0 spiro atoms. The first-order chi connectivity index (χ1) is 13.2. The number of piperidine rings is 2. The first kappa shape index (κ1) is 22.6. The second kappa shape index (κ2) is 13.5. The van der Waals surface area contributed by atoms with E-state index in [1.54, 1.807) is 0 Å². The maximum atomic E-state index is 12.3. The molecule has 0 saturated carbocycles. The van der Waals surface area contributed by atoms with Gasteiger partial charge < -0.3 is 24.0 Å². The van der Waals surface area contributed by atoms with E-state index >= 15 is 0 Å². The molecular weight excluding hydrogens is 344 g/mol. The third-order valence-electron chi connectivity index (χ3n) is 5.43. The Kier molecular flexibility index (Phi) is 11.3. The van der Waals surface area contributed by atoms with Crippen molar-refractivity contribution in [3.8, 4) is 0 Å². The van der Waals surface area contributed by atoms with Gasteiger partial charge in [-0.2, -0.15) is 0 Å². The van der Waals surface area contributed by atoms with Crippen LogP contribution in [0.5, 0.6) is 0 Å². The Morgan fingerprint density at radius 1 is 0.815 bits per heavy atom. The normalized spacial score (nSPS) is 20.3. The van der Waals surface area contributed by atoms with Gasteiger partial charge in [-0.1, -0.05) is 13.8 Å². The lowest BCUT2D eigenvalue weighted by atomic mass is 10.0. The van der Waals surface area contributed by atoms with E-state index in [2.05, 4.69) is 18.7 Å². The van der Waals surface area contributed by atoms with Crippen molar-refractivity contribution in [2.75, 3.05) is 59.2 Å². The van der Waals surface area contributed by atoms with Crippen LogP contribution in [0.4, 0.5) is 0 Å². The van der Waals surface area contributed by atoms with Crippen LogP contribution in [0, 0.1) is 0 Å². The number of nitrogens with zero attached hydrogens (tertiary/aromatic N) is 2. The Morgan fingerprint density at radius 2 is 1.41 bits per heavy atom. The van der Waals surface area contributed by atoms with Gasteiger partial charge in [0.1, 0.15) is 0 Å². The third kappa shape index (κ3) is 8.90. The number of carbonyl (C=O) groups excluding carboxylic acids is 1.